The van der Waals surface area contributed by atoms with Gasteiger partial charge in [0.2, 0.25) is 0 Å². The van der Waals surface area contributed by atoms with Crippen molar-refractivity contribution in [2.24, 2.45) is 0 Å². The van der Waals surface area contributed by atoms with Crippen LogP contribution in [0.1, 0.15) is 11.1 Å². The number of hydrogen-bond acceptors (Lipinski definition) is 3. The first kappa shape index (κ1) is 13.1. The highest BCUT2D eigenvalue weighted by molar-refractivity contribution is 9.11. The molecule has 0 saturated heterocycles. The Bertz CT molecular complexity index is 603. The average molecular weight is 325 g/mol. The summed E-state index contributed by atoms with van der Waals surface area (Å²) in [6, 6.07) is 8.32. The van der Waals surface area contributed by atoms with Gasteiger partial charge in [0.25, 0.3) is 0 Å². The lowest BCUT2D eigenvalue weighted by Crippen LogP contribution is -2.17. The summed E-state index contributed by atoms with van der Waals surface area (Å²) < 4.78 is 14.1. The smallest absolute Gasteiger partial charge is 0.124 e. The molecule has 0 bridgehead atoms. The van der Waals surface area contributed by atoms with Gasteiger partial charge in [0.1, 0.15) is 11.9 Å². The fourth-order valence-corrected chi connectivity index (χ4v) is 2.92. The van der Waals surface area contributed by atoms with Gasteiger partial charge in [-0.3, -0.25) is 0 Å². The van der Waals surface area contributed by atoms with Crippen molar-refractivity contribution in [3.05, 3.63) is 50.4 Å². The third-order valence-electron chi connectivity index (χ3n) is 2.53. The maximum Gasteiger partial charge on any atom is 0.124 e. The van der Waals surface area contributed by atoms with E-state index in [2.05, 4.69) is 21.3 Å². The highest BCUT2D eigenvalue weighted by atomic mass is 79.9. The van der Waals surface area contributed by atoms with Gasteiger partial charge in [0, 0.05) is 13.6 Å². The summed E-state index contributed by atoms with van der Waals surface area (Å²) in [5, 5.41) is 11.1. The van der Waals surface area contributed by atoms with Crippen LogP contribution in [-0.2, 0) is 6.54 Å². The van der Waals surface area contributed by atoms with Gasteiger partial charge in [-0.15, -0.1) is 11.3 Å². The molecule has 0 aliphatic heterocycles. The predicted octanol–water partition coefficient (Wildman–Crippen LogP) is 4.16. The molecular weight excluding hydrogens is 315 g/mol. The van der Waals surface area contributed by atoms with E-state index >= 15 is 0 Å². The summed E-state index contributed by atoms with van der Waals surface area (Å²) in [6.07, 6.45) is 0. The third kappa shape index (κ3) is 2.89. The predicted molar refractivity (Wildman–Crippen MR) is 75.2 cm³/mol. The third-order valence-corrected chi connectivity index (χ3v) is 4.09. The molecule has 1 aromatic carbocycles. The molecule has 5 heteroatoms. The Labute approximate surface area is 117 Å². The van der Waals surface area contributed by atoms with Gasteiger partial charge in [-0.05, 0) is 51.1 Å². The van der Waals surface area contributed by atoms with Crippen LogP contribution in [0.15, 0.2) is 33.4 Å². The van der Waals surface area contributed by atoms with Gasteiger partial charge in [-0.1, -0.05) is 0 Å². The fourth-order valence-electron chi connectivity index (χ4n) is 1.72. The second-order valence-corrected chi connectivity index (χ2v) is 6.18. The van der Waals surface area contributed by atoms with Crippen LogP contribution in [0.25, 0.3) is 0 Å². The summed E-state index contributed by atoms with van der Waals surface area (Å²) in [5.41, 5.74) is 2.25. The van der Waals surface area contributed by atoms with Gasteiger partial charge in [-0.25, -0.2) is 4.39 Å². The molecule has 1 heterocycles. The highest BCUT2D eigenvalue weighted by Crippen LogP contribution is 2.25. The number of rotatable bonds is 3. The maximum absolute atomic E-state index is 13.1. The van der Waals surface area contributed by atoms with E-state index in [9.17, 15) is 4.39 Å². The van der Waals surface area contributed by atoms with Gasteiger partial charge in [-0.2, -0.15) is 5.26 Å². The van der Waals surface area contributed by atoms with Crippen molar-refractivity contribution in [1.29, 1.82) is 5.26 Å². The second kappa shape index (κ2) is 5.51. The van der Waals surface area contributed by atoms with Crippen LogP contribution < -0.4 is 4.90 Å². The van der Waals surface area contributed by atoms with Crippen molar-refractivity contribution in [2.45, 2.75) is 6.54 Å². The molecule has 2 nitrogen and oxygen atoms in total. The van der Waals surface area contributed by atoms with Crippen LogP contribution >= 0.6 is 27.3 Å². The molecule has 0 unspecified atom stereocenters. The molecular formula is C13H10BrFN2S. The van der Waals surface area contributed by atoms with Crippen molar-refractivity contribution in [3.63, 3.8) is 0 Å². The average Bonchev–Trinajstić information content (AvgIpc) is 2.74. The molecule has 0 saturated carbocycles. The molecule has 1 aromatic heterocycles. The van der Waals surface area contributed by atoms with Crippen LogP contribution in [0.2, 0.25) is 0 Å². The SMILES string of the molecule is CN(Cc1csc(Br)c1)c1ccc(F)cc1C#N. The molecule has 2 rings (SSSR count). The van der Waals surface area contributed by atoms with Crippen LogP contribution in [0.3, 0.4) is 0 Å². The van der Waals surface area contributed by atoms with E-state index in [1.807, 2.05) is 24.1 Å². The zero-order chi connectivity index (χ0) is 13.1. The van der Waals surface area contributed by atoms with Gasteiger partial charge < -0.3 is 4.90 Å². The Hall–Kier alpha value is -1.38. The fraction of sp³-hybridized carbons (Fsp3) is 0.154. The minimum atomic E-state index is -0.387. The molecule has 2 aromatic rings. The monoisotopic (exact) mass is 324 g/mol. The van der Waals surface area contributed by atoms with Crippen LogP contribution in [0.4, 0.5) is 10.1 Å². The van der Waals surface area contributed by atoms with E-state index in [1.165, 1.54) is 12.1 Å². The Morgan fingerprint density at radius 1 is 1.44 bits per heavy atom. The van der Waals surface area contributed by atoms with Crippen molar-refractivity contribution in [1.82, 2.24) is 0 Å². The highest BCUT2D eigenvalue weighted by Gasteiger charge is 2.09. The number of nitrogens with zero attached hydrogens (tertiary/aromatic N) is 2. The summed E-state index contributed by atoms with van der Waals surface area (Å²) in [6.45, 7) is 0.683. The van der Waals surface area contributed by atoms with E-state index in [4.69, 9.17) is 5.26 Å². The molecule has 0 atom stereocenters. The lowest BCUT2D eigenvalue weighted by molar-refractivity contribution is 0.627. The minimum absolute atomic E-state index is 0.354. The van der Waals surface area contributed by atoms with Crippen molar-refractivity contribution >= 4 is 33.0 Å². The first-order valence-corrected chi connectivity index (χ1v) is 6.91. The summed E-state index contributed by atoms with van der Waals surface area (Å²) in [4.78, 5) is 1.94. The molecule has 18 heavy (non-hydrogen) atoms. The number of thiophene rings is 1. The van der Waals surface area contributed by atoms with E-state index in [0.717, 1.165) is 15.0 Å². The number of anilines is 1. The molecule has 0 amide bonds. The zero-order valence-electron chi connectivity index (χ0n) is 9.65. The minimum Gasteiger partial charge on any atom is -0.369 e. The summed E-state index contributed by atoms with van der Waals surface area (Å²) in [5.74, 6) is -0.387. The van der Waals surface area contributed by atoms with Crippen molar-refractivity contribution < 1.29 is 4.39 Å². The van der Waals surface area contributed by atoms with Crippen molar-refractivity contribution in [2.75, 3.05) is 11.9 Å². The normalized spacial score (nSPS) is 10.1. The number of hydrogen-bond donors (Lipinski definition) is 0. The molecule has 0 radical (unpaired) electrons. The van der Waals surface area contributed by atoms with Gasteiger partial charge in [0.15, 0.2) is 0 Å². The number of halogens is 2. The van der Waals surface area contributed by atoms with Crippen LogP contribution in [0, 0.1) is 17.1 Å². The first-order chi connectivity index (χ1) is 8.60. The van der Waals surface area contributed by atoms with Gasteiger partial charge in [0.05, 0.1) is 15.0 Å². The molecule has 0 aliphatic rings. The van der Waals surface area contributed by atoms with Crippen LogP contribution in [0.5, 0.6) is 0 Å². The lowest BCUT2D eigenvalue weighted by atomic mass is 10.1. The molecule has 92 valence electrons. The maximum atomic E-state index is 13.1. The van der Waals surface area contributed by atoms with E-state index in [1.54, 1.807) is 17.4 Å². The topological polar surface area (TPSA) is 27.0 Å². The molecule has 0 spiro atoms. The summed E-state index contributed by atoms with van der Waals surface area (Å²) >= 11 is 5.03. The number of benzene rings is 1. The second-order valence-electron chi connectivity index (χ2n) is 3.89. The quantitative estimate of drug-likeness (QED) is 0.847. The molecule has 0 fully saturated rings. The largest absolute Gasteiger partial charge is 0.369 e. The Morgan fingerprint density at radius 2 is 2.22 bits per heavy atom. The van der Waals surface area contributed by atoms with Crippen molar-refractivity contribution in [3.8, 4) is 6.07 Å². The van der Waals surface area contributed by atoms with E-state index in [-0.39, 0.29) is 5.82 Å². The van der Waals surface area contributed by atoms with Crippen LogP contribution in [-0.4, -0.2) is 7.05 Å². The Balaban J connectivity index is 2.24. The Kier molecular flexibility index (Phi) is 4.00. The molecule has 0 N–H and O–H groups in total. The number of nitriles is 1. The van der Waals surface area contributed by atoms with Gasteiger partial charge >= 0.3 is 0 Å². The zero-order valence-corrected chi connectivity index (χ0v) is 12.1. The standard InChI is InChI=1S/C13H10BrFN2S/c1-17(7-9-4-13(14)18-8-9)12-3-2-11(15)5-10(12)6-16/h2-5,8H,7H2,1H3. The van der Waals surface area contributed by atoms with E-state index in [0.29, 0.717) is 12.1 Å². The summed E-state index contributed by atoms with van der Waals surface area (Å²) in [7, 11) is 1.89. The lowest BCUT2D eigenvalue weighted by Gasteiger charge is -2.19. The first-order valence-electron chi connectivity index (χ1n) is 5.24. The Morgan fingerprint density at radius 3 is 2.83 bits per heavy atom. The van der Waals surface area contributed by atoms with E-state index < -0.39 is 0 Å². The molecule has 0 aliphatic carbocycles.